The second kappa shape index (κ2) is 14.5. The van der Waals surface area contributed by atoms with E-state index in [1.165, 1.54) is 11.3 Å². The quantitative estimate of drug-likeness (QED) is 0.271. The predicted molar refractivity (Wildman–Crippen MR) is 145 cm³/mol. The summed E-state index contributed by atoms with van der Waals surface area (Å²) in [5.74, 6) is -0.289. The van der Waals surface area contributed by atoms with E-state index >= 15 is 0 Å². The smallest absolute Gasteiger partial charge is 0.407 e. The van der Waals surface area contributed by atoms with Gasteiger partial charge in [0.15, 0.2) is 0 Å². The average Bonchev–Trinajstić information content (AvgIpc) is 3.41. The fourth-order valence-corrected chi connectivity index (χ4v) is 4.45. The van der Waals surface area contributed by atoms with E-state index in [9.17, 15) is 14.7 Å². The Bertz CT molecular complexity index is 1080. The van der Waals surface area contributed by atoms with Crippen molar-refractivity contribution in [2.75, 3.05) is 0 Å². The van der Waals surface area contributed by atoms with E-state index in [0.29, 0.717) is 12.8 Å². The molecule has 0 bridgehead atoms. The summed E-state index contributed by atoms with van der Waals surface area (Å²) in [5.41, 5.74) is 9.73. The lowest BCUT2D eigenvalue weighted by Crippen LogP contribution is -2.52. The number of ether oxygens (including phenoxy) is 1. The van der Waals surface area contributed by atoms with E-state index in [4.69, 9.17) is 10.5 Å². The summed E-state index contributed by atoms with van der Waals surface area (Å²) in [6.07, 6.45) is 1.20. The third-order valence-electron chi connectivity index (χ3n) is 6.11. The van der Waals surface area contributed by atoms with Crippen molar-refractivity contribution in [3.8, 4) is 0 Å². The van der Waals surface area contributed by atoms with Gasteiger partial charge in [-0.2, -0.15) is 0 Å². The Balaban J connectivity index is 1.73. The van der Waals surface area contributed by atoms with Crippen LogP contribution in [0.3, 0.4) is 0 Å². The molecule has 4 atom stereocenters. The summed E-state index contributed by atoms with van der Waals surface area (Å²) in [5, 5.41) is 17.2. The molecule has 0 aliphatic carbocycles. The van der Waals surface area contributed by atoms with Crippen LogP contribution in [-0.2, 0) is 29.0 Å². The highest BCUT2D eigenvalue weighted by atomic mass is 32.1. The summed E-state index contributed by atoms with van der Waals surface area (Å²) in [7, 11) is 0. The first-order chi connectivity index (χ1) is 17.8. The number of hydrogen-bond acceptors (Lipinski definition) is 7. The average molecular weight is 525 g/mol. The molecular weight excluding hydrogens is 488 g/mol. The summed E-state index contributed by atoms with van der Waals surface area (Å²) in [4.78, 5) is 30.2. The number of hydrogen-bond donors (Lipinski definition) is 4. The molecule has 2 amide bonds. The molecule has 9 heteroatoms. The van der Waals surface area contributed by atoms with E-state index in [0.717, 1.165) is 16.0 Å². The lowest BCUT2D eigenvalue weighted by atomic mass is 9.93. The molecule has 8 nitrogen and oxygen atoms in total. The number of rotatable bonds is 13. The Morgan fingerprint density at radius 3 is 2.19 bits per heavy atom. The largest absolute Gasteiger partial charge is 0.444 e. The van der Waals surface area contributed by atoms with Gasteiger partial charge in [0.05, 0.1) is 28.6 Å². The van der Waals surface area contributed by atoms with E-state index in [1.807, 2.05) is 74.5 Å². The van der Waals surface area contributed by atoms with E-state index < -0.39 is 24.3 Å². The SMILES string of the molecule is CC(C)C(N)C(=O)N[C@@H](Cc1ccccc1)C[C@H](O)[C@H](Cc1ccccc1)NC(=O)OCc1cncs1. The zero-order valence-electron chi connectivity index (χ0n) is 21.2. The number of thiazole rings is 1. The number of nitrogens with zero attached hydrogens (tertiary/aromatic N) is 1. The third kappa shape index (κ3) is 9.60. The molecule has 0 spiro atoms. The summed E-state index contributed by atoms with van der Waals surface area (Å²) >= 11 is 1.40. The lowest BCUT2D eigenvalue weighted by molar-refractivity contribution is -0.124. The number of aliphatic hydroxyl groups excluding tert-OH is 1. The van der Waals surface area contributed by atoms with Crippen LogP contribution in [0.25, 0.3) is 0 Å². The third-order valence-corrected chi connectivity index (χ3v) is 6.87. The van der Waals surface area contributed by atoms with Crippen LogP contribution < -0.4 is 16.4 Å². The van der Waals surface area contributed by atoms with Gasteiger partial charge in [0.1, 0.15) is 6.61 Å². The Kier molecular flexibility index (Phi) is 11.1. The van der Waals surface area contributed by atoms with Gasteiger partial charge in [-0.3, -0.25) is 9.78 Å². The van der Waals surface area contributed by atoms with Crippen molar-refractivity contribution in [2.45, 2.75) is 63.9 Å². The van der Waals surface area contributed by atoms with Gasteiger partial charge in [-0.05, 0) is 36.3 Å². The summed E-state index contributed by atoms with van der Waals surface area (Å²) in [6.45, 7) is 3.89. The molecule has 3 rings (SSSR count). The van der Waals surface area contributed by atoms with Crippen LogP contribution in [0, 0.1) is 5.92 Å². The van der Waals surface area contributed by atoms with Gasteiger partial charge >= 0.3 is 6.09 Å². The molecule has 1 unspecified atom stereocenters. The zero-order chi connectivity index (χ0) is 26.6. The highest BCUT2D eigenvalue weighted by molar-refractivity contribution is 7.09. The van der Waals surface area contributed by atoms with Gasteiger partial charge < -0.3 is 26.2 Å². The Hall–Kier alpha value is -3.27. The minimum Gasteiger partial charge on any atom is -0.444 e. The minimum atomic E-state index is -0.958. The van der Waals surface area contributed by atoms with Gasteiger partial charge in [-0.25, -0.2) is 4.79 Å². The normalized spacial score (nSPS) is 14.4. The first-order valence-corrected chi connectivity index (χ1v) is 13.3. The van der Waals surface area contributed by atoms with Crippen LogP contribution in [-0.4, -0.2) is 46.3 Å². The number of benzene rings is 2. The van der Waals surface area contributed by atoms with Crippen molar-refractivity contribution in [3.63, 3.8) is 0 Å². The molecule has 198 valence electrons. The molecule has 0 radical (unpaired) electrons. The Morgan fingerprint density at radius 2 is 1.62 bits per heavy atom. The predicted octanol–water partition coefficient (Wildman–Crippen LogP) is 3.44. The van der Waals surface area contributed by atoms with Crippen LogP contribution in [0.5, 0.6) is 0 Å². The zero-order valence-corrected chi connectivity index (χ0v) is 22.1. The molecule has 0 saturated heterocycles. The van der Waals surface area contributed by atoms with Gasteiger partial charge in [-0.15, -0.1) is 11.3 Å². The highest BCUT2D eigenvalue weighted by Crippen LogP contribution is 2.15. The Labute approximate surface area is 222 Å². The molecule has 1 heterocycles. The maximum atomic E-state index is 12.8. The summed E-state index contributed by atoms with van der Waals surface area (Å²) in [6, 6.07) is 17.7. The van der Waals surface area contributed by atoms with Crippen LogP contribution in [0.15, 0.2) is 72.4 Å². The number of amides is 2. The molecule has 37 heavy (non-hydrogen) atoms. The maximum absolute atomic E-state index is 12.8. The van der Waals surface area contributed by atoms with Crippen molar-refractivity contribution in [3.05, 3.63) is 88.4 Å². The van der Waals surface area contributed by atoms with Crippen molar-refractivity contribution < 1.29 is 19.4 Å². The molecule has 0 saturated carbocycles. The van der Waals surface area contributed by atoms with Crippen molar-refractivity contribution in [1.29, 1.82) is 0 Å². The molecule has 0 aliphatic heterocycles. The number of carbonyl (C=O) groups is 2. The van der Waals surface area contributed by atoms with Gasteiger partial charge in [0, 0.05) is 12.2 Å². The standard InChI is InChI=1S/C28H36N4O4S/c1-19(2)26(29)27(34)31-22(13-20-9-5-3-6-10-20)15-25(33)24(14-21-11-7-4-8-12-21)32-28(35)36-17-23-16-30-18-37-23/h3-12,16,18-19,22,24-26,33H,13-15,17,29H2,1-2H3,(H,31,34)(H,32,35)/t22-,24-,25-,26?/m0/s1. The van der Waals surface area contributed by atoms with Crippen LogP contribution in [0.4, 0.5) is 4.79 Å². The van der Waals surface area contributed by atoms with Gasteiger partial charge in [-0.1, -0.05) is 74.5 Å². The fourth-order valence-electron chi connectivity index (χ4n) is 3.94. The molecule has 5 N–H and O–H groups in total. The van der Waals surface area contributed by atoms with Crippen LogP contribution >= 0.6 is 11.3 Å². The maximum Gasteiger partial charge on any atom is 0.407 e. The van der Waals surface area contributed by atoms with E-state index in [2.05, 4.69) is 15.6 Å². The van der Waals surface area contributed by atoms with E-state index in [-0.39, 0.29) is 30.9 Å². The second-order valence-electron chi connectivity index (χ2n) is 9.45. The lowest BCUT2D eigenvalue weighted by Gasteiger charge is -2.29. The second-order valence-corrected chi connectivity index (χ2v) is 10.4. The number of nitrogens with two attached hydrogens (primary N) is 1. The topological polar surface area (TPSA) is 127 Å². The number of nitrogens with one attached hydrogen (secondary N) is 2. The fraction of sp³-hybridized carbons (Fsp3) is 0.393. The number of carbonyl (C=O) groups excluding carboxylic acids is 2. The molecule has 1 aromatic heterocycles. The van der Waals surface area contributed by atoms with E-state index in [1.54, 1.807) is 11.7 Å². The van der Waals surface area contributed by atoms with Gasteiger partial charge in [0.25, 0.3) is 0 Å². The van der Waals surface area contributed by atoms with Crippen LogP contribution in [0.2, 0.25) is 0 Å². The highest BCUT2D eigenvalue weighted by Gasteiger charge is 2.28. The molecule has 0 fully saturated rings. The molecule has 2 aromatic carbocycles. The molecular formula is C28H36N4O4S. The van der Waals surface area contributed by atoms with Crippen molar-refractivity contribution >= 4 is 23.3 Å². The van der Waals surface area contributed by atoms with Crippen molar-refractivity contribution in [1.82, 2.24) is 15.6 Å². The Morgan fingerprint density at radius 1 is 1.00 bits per heavy atom. The van der Waals surface area contributed by atoms with Crippen molar-refractivity contribution in [2.24, 2.45) is 11.7 Å². The first-order valence-electron chi connectivity index (χ1n) is 12.4. The summed E-state index contributed by atoms with van der Waals surface area (Å²) < 4.78 is 5.35. The van der Waals surface area contributed by atoms with Crippen LogP contribution in [0.1, 0.15) is 36.3 Å². The number of aromatic nitrogens is 1. The molecule has 0 aliphatic rings. The van der Waals surface area contributed by atoms with Gasteiger partial charge in [0.2, 0.25) is 5.91 Å². The number of alkyl carbamates (subject to hydrolysis) is 1. The monoisotopic (exact) mass is 524 g/mol. The first kappa shape index (κ1) is 28.3. The minimum absolute atomic E-state index is 0.0249. The number of aliphatic hydroxyl groups is 1. The molecule has 3 aromatic rings.